The molecule has 23 heavy (non-hydrogen) atoms. The number of carbonyl (C=O) groups is 3. The van der Waals surface area contributed by atoms with E-state index in [4.69, 9.17) is 0 Å². The molecule has 0 spiro atoms. The number of hydrogen-bond donors (Lipinski definition) is 0. The van der Waals surface area contributed by atoms with Crippen LogP contribution in [0.3, 0.4) is 0 Å². The van der Waals surface area contributed by atoms with Crippen LogP contribution in [0.25, 0.3) is 11.8 Å². The Kier molecular flexibility index (Phi) is 3.49. The van der Waals surface area contributed by atoms with Crippen molar-refractivity contribution in [2.45, 2.75) is 0 Å². The molecule has 1 aromatic heterocycles. The molecule has 0 unspecified atom stereocenters. The molecule has 4 amide bonds. The summed E-state index contributed by atoms with van der Waals surface area (Å²) in [4.78, 5) is 41.6. The molecule has 1 saturated heterocycles. The Morgan fingerprint density at radius 1 is 0.957 bits per heavy atom. The number of carbonyl (C=O) groups excluding carboxylic acids is 3. The fraction of sp³-hybridized carbons (Fsp3) is 0.133. The smallest absolute Gasteiger partial charge is 0.268 e. The molecule has 1 aliphatic heterocycles. The zero-order chi connectivity index (χ0) is 16.6. The number of rotatable bonds is 2. The number of benzene rings is 1. The number of barbiturate groups is 1. The predicted molar refractivity (Wildman–Crippen MR) is 80.3 cm³/mol. The van der Waals surface area contributed by atoms with Crippen molar-refractivity contribution in [1.29, 1.82) is 0 Å². The fourth-order valence-electron chi connectivity index (χ4n) is 2.21. The highest BCUT2D eigenvalue weighted by Gasteiger charge is 2.37. The number of urea groups is 1. The van der Waals surface area contributed by atoms with E-state index in [1.807, 2.05) is 0 Å². The summed E-state index contributed by atoms with van der Waals surface area (Å²) in [6.07, 6.45) is 4.46. The van der Waals surface area contributed by atoms with Gasteiger partial charge in [0.05, 0.1) is 5.69 Å². The molecule has 116 valence electrons. The van der Waals surface area contributed by atoms with Gasteiger partial charge in [0.15, 0.2) is 0 Å². The maximum absolute atomic E-state index is 12.1. The van der Waals surface area contributed by atoms with E-state index < -0.39 is 17.8 Å². The van der Waals surface area contributed by atoms with Gasteiger partial charge in [-0.25, -0.2) is 14.5 Å². The lowest BCUT2D eigenvalue weighted by Crippen LogP contribution is -2.52. The van der Waals surface area contributed by atoms with Crippen LogP contribution in [0.15, 0.2) is 42.5 Å². The van der Waals surface area contributed by atoms with Gasteiger partial charge in [-0.2, -0.15) is 5.10 Å². The van der Waals surface area contributed by atoms with E-state index in [2.05, 4.69) is 10.1 Å². The summed E-state index contributed by atoms with van der Waals surface area (Å²) in [7, 11) is 2.69. The Hall–Kier alpha value is -3.29. The van der Waals surface area contributed by atoms with Gasteiger partial charge in [0, 0.05) is 14.1 Å². The monoisotopic (exact) mass is 311 g/mol. The van der Waals surface area contributed by atoms with Gasteiger partial charge in [-0.1, -0.05) is 12.1 Å². The van der Waals surface area contributed by atoms with Gasteiger partial charge < -0.3 is 0 Å². The Morgan fingerprint density at radius 3 is 2.09 bits per heavy atom. The minimum absolute atomic E-state index is 0.0527. The lowest BCUT2D eigenvalue weighted by atomic mass is 10.1. The number of nitrogens with zero attached hydrogens (tertiary/aromatic N) is 5. The summed E-state index contributed by atoms with van der Waals surface area (Å²) in [6, 6.07) is 6.44. The minimum Gasteiger partial charge on any atom is -0.268 e. The molecule has 0 atom stereocenters. The van der Waals surface area contributed by atoms with Crippen molar-refractivity contribution in [2.75, 3.05) is 14.1 Å². The summed E-state index contributed by atoms with van der Waals surface area (Å²) in [5.41, 5.74) is 1.42. The van der Waals surface area contributed by atoms with E-state index in [0.29, 0.717) is 5.56 Å². The van der Waals surface area contributed by atoms with Crippen molar-refractivity contribution >= 4 is 23.9 Å². The van der Waals surface area contributed by atoms with Crippen LogP contribution in [-0.2, 0) is 9.59 Å². The highest BCUT2D eigenvalue weighted by molar-refractivity contribution is 6.30. The van der Waals surface area contributed by atoms with Crippen LogP contribution >= 0.6 is 0 Å². The summed E-state index contributed by atoms with van der Waals surface area (Å²) >= 11 is 0. The van der Waals surface area contributed by atoms with Gasteiger partial charge in [-0.3, -0.25) is 19.4 Å². The van der Waals surface area contributed by atoms with Gasteiger partial charge in [-0.05, 0) is 23.8 Å². The number of amides is 4. The van der Waals surface area contributed by atoms with Crippen molar-refractivity contribution < 1.29 is 14.4 Å². The number of aromatic nitrogens is 3. The Labute approximate surface area is 131 Å². The third kappa shape index (κ3) is 2.50. The highest BCUT2D eigenvalue weighted by atomic mass is 16.2. The van der Waals surface area contributed by atoms with Crippen molar-refractivity contribution in [3.05, 3.63) is 48.1 Å². The molecular weight excluding hydrogens is 298 g/mol. The van der Waals surface area contributed by atoms with E-state index in [1.54, 1.807) is 35.3 Å². The average Bonchev–Trinajstić information content (AvgIpc) is 3.10. The SMILES string of the molecule is CN1C(=O)C(=Cc2ccc(-n3cncn3)cc2)C(=O)N(C)C1=O. The molecule has 3 rings (SSSR count). The molecule has 1 aliphatic rings. The normalized spacial score (nSPS) is 15.4. The Bertz CT molecular complexity index is 782. The van der Waals surface area contributed by atoms with Crippen LogP contribution in [0, 0.1) is 0 Å². The van der Waals surface area contributed by atoms with E-state index in [0.717, 1.165) is 15.5 Å². The zero-order valence-corrected chi connectivity index (χ0v) is 12.5. The van der Waals surface area contributed by atoms with Crippen LogP contribution in [-0.4, -0.2) is 56.5 Å². The largest absolute Gasteiger partial charge is 0.333 e. The fourth-order valence-corrected chi connectivity index (χ4v) is 2.21. The maximum Gasteiger partial charge on any atom is 0.333 e. The second-order valence-electron chi connectivity index (χ2n) is 5.00. The lowest BCUT2D eigenvalue weighted by Gasteiger charge is -2.28. The zero-order valence-electron chi connectivity index (χ0n) is 12.5. The van der Waals surface area contributed by atoms with Crippen molar-refractivity contribution in [3.63, 3.8) is 0 Å². The summed E-state index contributed by atoms with van der Waals surface area (Å²) in [6.45, 7) is 0. The van der Waals surface area contributed by atoms with Gasteiger partial charge in [0.2, 0.25) is 0 Å². The van der Waals surface area contributed by atoms with Crippen molar-refractivity contribution in [1.82, 2.24) is 24.6 Å². The minimum atomic E-state index is -0.640. The third-order valence-electron chi connectivity index (χ3n) is 3.53. The topological polar surface area (TPSA) is 88.4 Å². The molecule has 1 fully saturated rings. The first kappa shape index (κ1) is 14.6. The first-order valence-corrected chi connectivity index (χ1v) is 6.76. The molecule has 0 radical (unpaired) electrons. The van der Waals surface area contributed by atoms with Crippen LogP contribution in [0.4, 0.5) is 4.79 Å². The summed E-state index contributed by atoms with van der Waals surface area (Å²) in [5, 5.41) is 4.02. The van der Waals surface area contributed by atoms with Crippen molar-refractivity contribution in [2.24, 2.45) is 0 Å². The molecule has 8 nitrogen and oxygen atoms in total. The third-order valence-corrected chi connectivity index (χ3v) is 3.53. The summed E-state index contributed by atoms with van der Waals surface area (Å²) < 4.78 is 1.59. The van der Waals surface area contributed by atoms with E-state index in [9.17, 15) is 14.4 Å². The standard InChI is InChI=1S/C15H13N5O3/c1-18-13(21)12(14(22)19(2)15(18)23)7-10-3-5-11(6-4-10)20-9-16-8-17-20/h3-9H,1-2H3. The Morgan fingerprint density at radius 2 is 1.57 bits per heavy atom. The lowest BCUT2D eigenvalue weighted by molar-refractivity contribution is -0.134. The molecule has 2 heterocycles. The number of hydrogen-bond acceptors (Lipinski definition) is 5. The van der Waals surface area contributed by atoms with Crippen LogP contribution in [0.2, 0.25) is 0 Å². The van der Waals surface area contributed by atoms with Crippen LogP contribution in [0.1, 0.15) is 5.56 Å². The number of likely N-dealkylation sites (N-methyl/N-ethyl adjacent to an activating group) is 2. The second-order valence-corrected chi connectivity index (χ2v) is 5.00. The Balaban J connectivity index is 1.93. The van der Waals surface area contributed by atoms with Gasteiger partial charge >= 0.3 is 6.03 Å². The van der Waals surface area contributed by atoms with Gasteiger partial charge in [0.25, 0.3) is 11.8 Å². The second kappa shape index (κ2) is 5.48. The first-order valence-electron chi connectivity index (χ1n) is 6.76. The first-order chi connectivity index (χ1) is 11.0. The molecule has 2 aromatic rings. The molecular formula is C15H13N5O3. The average molecular weight is 311 g/mol. The van der Waals surface area contributed by atoms with Crippen molar-refractivity contribution in [3.8, 4) is 5.69 Å². The van der Waals surface area contributed by atoms with Crippen LogP contribution in [0.5, 0.6) is 0 Å². The summed E-state index contributed by atoms with van der Waals surface area (Å²) in [5.74, 6) is -1.23. The molecule has 0 aliphatic carbocycles. The highest BCUT2D eigenvalue weighted by Crippen LogP contribution is 2.18. The van der Waals surface area contributed by atoms with E-state index >= 15 is 0 Å². The van der Waals surface area contributed by atoms with E-state index in [-0.39, 0.29) is 5.57 Å². The van der Waals surface area contributed by atoms with Gasteiger partial charge in [0.1, 0.15) is 18.2 Å². The number of imide groups is 2. The van der Waals surface area contributed by atoms with E-state index in [1.165, 1.54) is 26.5 Å². The quantitative estimate of drug-likeness (QED) is 0.602. The molecule has 0 bridgehead atoms. The molecule has 0 N–H and O–H groups in total. The van der Waals surface area contributed by atoms with Crippen LogP contribution < -0.4 is 0 Å². The molecule has 8 heteroatoms. The molecule has 0 saturated carbocycles. The van der Waals surface area contributed by atoms with Gasteiger partial charge in [-0.15, -0.1) is 0 Å². The predicted octanol–water partition coefficient (Wildman–Crippen LogP) is 0.701. The molecule has 1 aromatic carbocycles. The maximum atomic E-state index is 12.1.